The van der Waals surface area contributed by atoms with E-state index in [1.54, 1.807) is 37.2 Å². The van der Waals surface area contributed by atoms with E-state index in [4.69, 9.17) is 10.5 Å². The molecule has 0 fully saturated rings. The minimum atomic E-state index is -0.0209. The van der Waals surface area contributed by atoms with Gasteiger partial charge in [0.15, 0.2) is 17.3 Å². The fraction of sp³-hybridized carbons (Fsp3) is 0.200. The monoisotopic (exact) mass is 390 g/mol. The molecular formula is C15H15BrN6O2. The van der Waals surface area contributed by atoms with Gasteiger partial charge in [0.25, 0.3) is 0 Å². The van der Waals surface area contributed by atoms with Crippen LogP contribution in [0.3, 0.4) is 0 Å². The zero-order valence-corrected chi connectivity index (χ0v) is 14.9. The first-order valence-electron chi connectivity index (χ1n) is 6.73. The van der Waals surface area contributed by atoms with Crippen LogP contribution in [0.5, 0.6) is 11.5 Å². The van der Waals surface area contributed by atoms with Crippen molar-refractivity contribution >= 4 is 39.5 Å². The van der Waals surface area contributed by atoms with Crippen LogP contribution in [0.4, 0.5) is 11.9 Å². The number of hydrogen-bond acceptors (Lipinski definition) is 8. The Morgan fingerprint density at radius 1 is 1.38 bits per heavy atom. The third-order valence-corrected chi connectivity index (χ3v) is 3.59. The van der Waals surface area contributed by atoms with Crippen LogP contribution in [0.2, 0.25) is 0 Å². The number of allylic oxidation sites excluding steroid dienone is 1. The Labute approximate surface area is 147 Å². The standard InChI is InChI=1S/C15H15BrN6O2/c1-22(2)15-20-13(19-14(18)21-15)9(7-17)4-8-5-10(16)12(23)11(6-8)24-3/h4-6,23H,1-3H3,(H2,18,19,20,21)/b9-4+. The van der Waals surface area contributed by atoms with Gasteiger partial charge in [-0.15, -0.1) is 0 Å². The first-order valence-corrected chi connectivity index (χ1v) is 7.52. The van der Waals surface area contributed by atoms with Crippen LogP contribution in [0.25, 0.3) is 11.6 Å². The zero-order valence-electron chi connectivity index (χ0n) is 13.3. The molecule has 0 saturated heterocycles. The predicted molar refractivity (Wildman–Crippen MR) is 94.4 cm³/mol. The molecule has 124 valence electrons. The molecule has 1 heterocycles. The second-order valence-corrected chi connectivity index (χ2v) is 5.79. The lowest BCUT2D eigenvalue weighted by Gasteiger charge is -2.11. The van der Waals surface area contributed by atoms with Crippen LogP contribution in [-0.4, -0.2) is 41.3 Å². The number of rotatable bonds is 4. The largest absolute Gasteiger partial charge is 0.503 e. The second kappa shape index (κ2) is 7.14. The van der Waals surface area contributed by atoms with Crippen molar-refractivity contribution in [2.45, 2.75) is 0 Å². The summed E-state index contributed by atoms with van der Waals surface area (Å²) in [6.45, 7) is 0. The first kappa shape index (κ1) is 17.5. The minimum Gasteiger partial charge on any atom is -0.503 e. The molecule has 2 aromatic rings. The number of nitrogens with zero attached hydrogens (tertiary/aromatic N) is 5. The molecule has 8 nitrogen and oxygen atoms in total. The van der Waals surface area contributed by atoms with Gasteiger partial charge in [-0.2, -0.15) is 20.2 Å². The molecule has 0 aliphatic rings. The van der Waals surface area contributed by atoms with Crippen molar-refractivity contribution in [3.8, 4) is 17.6 Å². The van der Waals surface area contributed by atoms with E-state index in [0.29, 0.717) is 16.0 Å². The smallest absolute Gasteiger partial charge is 0.230 e. The van der Waals surface area contributed by atoms with Crippen molar-refractivity contribution in [1.29, 1.82) is 5.26 Å². The number of ether oxygens (including phenoxy) is 1. The third kappa shape index (κ3) is 3.72. The summed E-state index contributed by atoms with van der Waals surface area (Å²) >= 11 is 3.24. The highest BCUT2D eigenvalue weighted by Crippen LogP contribution is 2.36. The van der Waals surface area contributed by atoms with Gasteiger partial charge in [0.1, 0.15) is 6.07 Å². The molecule has 0 saturated carbocycles. The lowest BCUT2D eigenvalue weighted by atomic mass is 10.1. The predicted octanol–water partition coefficient (Wildman–Crippen LogP) is 2.06. The molecule has 1 aromatic carbocycles. The number of aromatic hydroxyl groups is 1. The second-order valence-electron chi connectivity index (χ2n) is 4.94. The van der Waals surface area contributed by atoms with Crippen molar-refractivity contribution < 1.29 is 9.84 Å². The zero-order chi connectivity index (χ0) is 17.9. The highest BCUT2D eigenvalue weighted by molar-refractivity contribution is 9.10. The fourth-order valence-electron chi connectivity index (χ4n) is 1.85. The maximum absolute atomic E-state index is 9.85. The minimum absolute atomic E-state index is 0.0209. The summed E-state index contributed by atoms with van der Waals surface area (Å²) in [6, 6.07) is 5.28. The van der Waals surface area contributed by atoms with Gasteiger partial charge in [-0.1, -0.05) is 0 Å². The molecule has 0 bridgehead atoms. The van der Waals surface area contributed by atoms with E-state index in [-0.39, 0.29) is 28.8 Å². The van der Waals surface area contributed by atoms with E-state index < -0.39 is 0 Å². The quantitative estimate of drug-likeness (QED) is 0.760. The van der Waals surface area contributed by atoms with Gasteiger partial charge in [0.2, 0.25) is 11.9 Å². The molecule has 9 heteroatoms. The molecule has 2 rings (SSSR count). The molecule has 0 amide bonds. The Morgan fingerprint density at radius 2 is 2.08 bits per heavy atom. The Balaban J connectivity index is 2.55. The van der Waals surface area contributed by atoms with Gasteiger partial charge in [-0.25, -0.2) is 0 Å². The average Bonchev–Trinajstić information content (AvgIpc) is 2.54. The highest BCUT2D eigenvalue weighted by Gasteiger charge is 2.13. The van der Waals surface area contributed by atoms with E-state index in [0.717, 1.165) is 0 Å². The molecule has 0 aliphatic heterocycles. The van der Waals surface area contributed by atoms with Crippen LogP contribution < -0.4 is 15.4 Å². The molecule has 0 atom stereocenters. The summed E-state index contributed by atoms with van der Waals surface area (Å²) in [5, 5.41) is 19.3. The number of nitrogen functional groups attached to an aromatic ring is 1. The lowest BCUT2D eigenvalue weighted by Crippen LogP contribution is -2.15. The maximum Gasteiger partial charge on any atom is 0.230 e. The SMILES string of the molecule is COc1cc(/C=C(\C#N)c2nc(N)nc(N(C)C)n2)cc(Br)c1O. The summed E-state index contributed by atoms with van der Waals surface area (Å²) < 4.78 is 5.54. The van der Waals surface area contributed by atoms with Gasteiger partial charge in [-0.05, 0) is 39.7 Å². The van der Waals surface area contributed by atoms with Gasteiger partial charge in [-0.3, -0.25) is 0 Å². The molecule has 24 heavy (non-hydrogen) atoms. The van der Waals surface area contributed by atoms with Crippen LogP contribution in [0.1, 0.15) is 11.4 Å². The van der Waals surface area contributed by atoms with Crippen molar-refractivity contribution in [3.63, 3.8) is 0 Å². The number of methoxy groups -OCH3 is 1. The maximum atomic E-state index is 9.85. The first-order chi connectivity index (χ1) is 11.3. The number of halogens is 1. The summed E-state index contributed by atoms with van der Waals surface area (Å²) in [4.78, 5) is 13.9. The average molecular weight is 391 g/mol. The Kier molecular flexibility index (Phi) is 5.21. The van der Waals surface area contributed by atoms with Crippen LogP contribution in [-0.2, 0) is 0 Å². The Hall–Kier alpha value is -2.86. The van der Waals surface area contributed by atoms with Gasteiger partial charge >= 0.3 is 0 Å². The fourth-order valence-corrected chi connectivity index (χ4v) is 2.31. The Morgan fingerprint density at radius 3 is 2.67 bits per heavy atom. The summed E-state index contributed by atoms with van der Waals surface area (Å²) in [5.41, 5.74) is 6.51. The lowest BCUT2D eigenvalue weighted by molar-refractivity contribution is 0.372. The molecule has 0 aliphatic carbocycles. The van der Waals surface area contributed by atoms with E-state index in [1.165, 1.54) is 7.11 Å². The van der Waals surface area contributed by atoms with Crippen molar-refractivity contribution in [3.05, 3.63) is 28.0 Å². The van der Waals surface area contributed by atoms with E-state index in [2.05, 4.69) is 30.9 Å². The highest BCUT2D eigenvalue weighted by atomic mass is 79.9. The third-order valence-electron chi connectivity index (χ3n) is 2.98. The van der Waals surface area contributed by atoms with Crippen molar-refractivity contribution in [2.24, 2.45) is 0 Å². The van der Waals surface area contributed by atoms with Crippen LogP contribution in [0, 0.1) is 11.3 Å². The van der Waals surface area contributed by atoms with Gasteiger partial charge in [0.05, 0.1) is 17.2 Å². The molecule has 3 N–H and O–H groups in total. The van der Waals surface area contributed by atoms with E-state index in [9.17, 15) is 10.4 Å². The summed E-state index contributed by atoms with van der Waals surface area (Å²) in [6.07, 6.45) is 1.57. The summed E-state index contributed by atoms with van der Waals surface area (Å²) in [5.74, 6) is 0.791. The van der Waals surface area contributed by atoms with E-state index in [1.807, 2.05) is 6.07 Å². The van der Waals surface area contributed by atoms with Crippen molar-refractivity contribution in [1.82, 2.24) is 15.0 Å². The number of benzene rings is 1. The number of phenolic OH excluding ortho intramolecular Hbond substituents is 1. The van der Waals surface area contributed by atoms with Gasteiger partial charge < -0.3 is 20.5 Å². The number of nitriles is 1. The molecule has 1 aromatic heterocycles. The number of phenols is 1. The van der Waals surface area contributed by atoms with Crippen molar-refractivity contribution in [2.75, 3.05) is 31.8 Å². The topological polar surface area (TPSA) is 121 Å². The van der Waals surface area contributed by atoms with Crippen LogP contribution >= 0.6 is 15.9 Å². The molecular weight excluding hydrogens is 376 g/mol. The van der Waals surface area contributed by atoms with E-state index >= 15 is 0 Å². The number of nitrogens with two attached hydrogens (primary N) is 1. The van der Waals surface area contributed by atoms with Crippen LogP contribution in [0.15, 0.2) is 16.6 Å². The van der Waals surface area contributed by atoms with Gasteiger partial charge in [0, 0.05) is 14.1 Å². The Bertz CT molecular complexity index is 845. The number of hydrogen-bond donors (Lipinski definition) is 2. The number of anilines is 2. The summed E-state index contributed by atoms with van der Waals surface area (Å²) in [7, 11) is 4.96. The molecule has 0 radical (unpaired) electrons. The molecule has 0 unspecified atom stereocenters. The normalized spacial score (nSPS) is 11.0. The molecule has 0 spiro atoms. The number of aromatic nitrogens is 3.